The molecule has 1 N–H and O–H groups in total. The predicted molar refractivity (Wildman–Crippen MR) is 91.5 cm³/mol. The average molecular weight is 359 g/mol. The Kier molecular flexibility index (Phi) is 4.82. The number of nitrogens with one attached hydrogen (secondary N) is 1. The first-order valence-corrected chi connectivity index (χ1v) is 8.97. The first-order chi connectivity index (χ1) is 12.0. The van der Waals surface area contributed by atoms with Crippen molar-refractivity contribution < 1.29 is 17.6 Å². The fraction of sp³-hybridized carbons (Fsp3) is 0.176. The maximum absolute atomic E-state index is 12.5. The molecule has 0 bridgehead atoms. The van der Waals surface area contributed by atoms with Crippen molar-refractivity contribution in [3.05, 3.63) is 60.2 Å². The van der Waals surface area contributed by atoms with E-state index in [4.69, 9.17) is 9.15 Å². The van der Waals surface area contributed by atoms with Crippen molar-refractivity contribution in [2.45, 2.75) is 18.4 Å². The van der Waals surface area contributed by atoms with Crippen LogP contribution >= 0.6 is 0 Å². The maximum atomic E-state index is 12.5. The van der Waals surface area contributed by atoms with Gasteiger partial charge in [0.1, 0.15) is 11.4 Å². The Balaban J connectivity index is 1.83. The first kappa shape index (κ1) is 17.1. The molecule has 0 saturated carbocycles. The molecule has 0 fully saturated rings. The lowest BCUT2D eigenvalue weighted by Gasteiger charge is -2.10. The zero-order valence-electron chi connectivity index (χ0n) is 13.8. The molecule has 8 heteroatoms. The molecule has 0 aliphatic heterocycles. The van der Waals surface area contributed by atoms with Crippen LogP contribution in [0.25, 0.3) is 11.5 Å². The van der Waals surface area contributed by atoms with Gasteiger partial charge in [0.2, 0.25) is 10.0 Å². The summed E-state index contributed by atoms with van der Waals surface area (Å²) >= 11 is 0. The summed E-state index contributed by atoms with van der Waals surface area (Å²) in [6, 6.07) is 8.16. The van der Waals surface area contributed by atoms with Crippen LogP contribution in [0.2, 0.25) is 0 Å². The molecule has 0 radical (unpaired) electrons. The molecule has 0 unspecified atom stereocenters. The smallest absolute Gasteiger partial charge is 0.240 e. The highest BCUT2D eigenvalue weighted by Gasteiger charge is 2.18. The van der Waals surface area contributed by atoms with Crippen molar-refractivity contribution in [3.63, 3.8) is 0 Å². The van der Waals surface area contributed by atoms with Gasteiger partial charge in [0.15, 0.2) is 5.76 Å². The summed E-state index contributed by atoms with van der Waals surface area (Å²) in [6.45, 7) is 1.78. The molecule has 1 aromatic carbocycles. The number of benzene rings is 1. The normalized spacial score (nSPS) is 11.4. The van der Waals surface area contributed by atoms with E-state index in [1.807, 2.05) is 0 Å². The number of rotatable bonds is 6. The van der Waals surface area contributed by atoms with E-state index >= 15 is 0 Å². The largest absolute Gasteiger partial charge is 0.496 e. The van der Waals surface area contributed by atoms with E-state index in [9.17, 15) is 8.42 Å². The van der Waals surface area contributed by atoms with Gasteiger partial charge in [-0.15, -0.1) is 0 Å². The molecule has 3 rings (SSSR count). The van der Waals surface area contributed by atoms with Crippen LogP contribution in [0.15, 0.2) is 58.3 Å². The number of nitrogens with zero attached hydrogens (tertiary/aromatic N) is 2. The molecule has 2 aromatic heterocycles. The number of furan rings is 1. The standard InChI is InChI=1S/C17H17N3O4S/c1-12-10-13(5-6-15(12)23-2)25(21,22)20-11-14-17(19-8-7-18-14)16-4-3-9-24-16/h3-10,20H,11H2,1-2H3. The summed E-state index contributed by atoms with van der Waals surface area (Å²) in [5, 5.41) is 0. The Morgan fingerprint density at radius 1 is 1.20 bits per heavy atom. The molecule has 3 aromatic rings. The van der Waals surface area contributed by atoms with Crippen molar-refractivity contribution in [2.75, 3.05) is 7.11 Å². The average Bonchev–Trinajstić information content (AvgIpc) is 3.14. The van der Waals surface area contributed by atoms with Crippen LogP contribution in [-0.2, 0) is 16.6 Å². The van der Waals surface area contributed by atoms with Crippen LogP contribution in [0, 0.1) is 6.92 Å². The minimum absolute atomic E-state index is 0.00269. The van der Waals surface area contributed by atoms with Crippen LogP contribution in [0.3, 0.4) is 0 Å². The fourth-order valence-corrected chi connectivity index (χ4v) is 3.45. The molecular weight excluding hydrogens is 342 g/mol. The van der Waals surface area contributed by atoms with Crippen molar-refractivity contribution in [1.29, 1.82) is 0 Å². The van der Waals surface area contributed by atoms with Crippen LogP contribution in [0.1, 0.15) is 11.3 Å². The van der Waals surface area contributed by atoms with Gasteiger partial charge < -0.3 is 9.15 Å². The summed E-state index contributed by atoms with van der Waals surface area (Å²) in [5.41, 5.74) is 1.72. The van der Waals surface area contributed by atoms with Gasteiger partial charge in [0, 0.05) is 12.4 Å². The highest BCUT2D eigenvalue weighted by Crippen LogP contribution is 2.23. The highest BCUT2D eigenvalue weighted by molar-refractivity contribution is 7.89. The number of aryl methyl sites for hydroxylation is 1. The van der Waals surface area contributed by atoms with Crippen LogP contribution < -0.4 is 9.46 Å². The van der Waals surface area contributed by atoms with Gasteiger partial charge in [-0.2, -0.15) is 0 Å². The summed E-state index contributed by atoms with van der Waals surface area (Å²) < 4.78 is 38.1. The first-order valence-electron chi connectivity index (χ1n) is 7.49. The molecule has 2 heterocycles. The molecule has 0 aliphatic rings. The molecular formula is C17H17N3O4S. The van der Waals surface area contributed by atoms with Gasteiger partial charge in [-0.3, -0.25) is 4.98 Å². The van der Waals surface area contributed by atoms with Crippen molar-refractivity contribution >= 4 is 10.0 Å². The second kappa shape index (κ2) is 7.04. The summed E-state index contributed by atoms with van der Waals surface area (Å²) in [5.74, 6) is 1.16. The van der Waals surface area contributed by atoms with E-state index in [1.165, 1.54) is 24.7 Å². The molecule has 0 spiro atoms. The Morgan fingerprint density at radius 3 is 2.68 bits per heavy atom. The zero-order valence-corrected chi connectivity index (χ0v) is 14.6. The van der Waals surface area contributed by atoms with Gasteiger partial charge in [-0.1, -0.05) is 0 Å². The van der Waals surface area contributed by atoms with E-state index in [-0.39, 0.29) is 11.4 Å². The van der Waals surface area contributed by atoms with E-state index < -0.39 is 10.0 Å². The Bertz CT molecular complexity index is 969. The van der Waals surface area contributed by atoms with E-state index in [0.717, 1.165) is 5.56 Å². The minimum Gasteiger partial charge on any atom is -0.496 e. The molecule has 130 valence electrons. The second-order valence-corrected chi connectivity index (χ2v) is 7.05. The predicted octanol–water partition coefficient (Wildman–Crippen LogP) is 2.53. The number of hydrogen-bond acceptors (Lipinski definition) is 6. The van der Waals surface area contributed by atoms with Gasteiger partial charge in [-0.05, 0) is 42.8 Å². The van der Waals surface area contributed by atoms with E-state index in [0.29, 0.717) is 22.9 Å². The van der Waals surface area contributed by atoms with Crippen LogP contribution in [0.5, 0.6) is 5.75 Å². The Morgan fingerprint density at radius 2 is 2.00 bits per heavy atom. The third-order valence-electron chi connectivity index (χ3n) is 3.63. The van der Waals surface area contributed by atoms with Gasteiger partial charge >= 0.3 is 0 Å². The molecule has 0 atom stereocenters. The molecule has 0 saturated heterocycles. The fourth-order valence-electron chi connectivity index (χ4n) is 2.38. The van der Waals surface area contributed by atoms with Crippen molar-refractivity contribution in [1.82, 2.24) is 14.7 Å². The zero-order chi connectivity index (χ0) is 17.9. The third kappa shape index (κ3) is 3.70. The number of ether oxygens (including phenoxy) is 1. The number of methoxy groups -OCH3 is 1. The maximum Gasteiger partial charge on any atom is 0.240 e. The SMILES string of the molecule is COc1ccc(S(=O)(=O)NCc2nccnc2-c2ccco2)cc1C. The van der Waals surface area contributed by atoms with Crippen molar-refractivity contribution in [3.8, 4) is 17.2 Å². The topological polar surface area (TPSA) is 94.3 Å². The third-order valence-corrected chi connectivity index (χ3v) is 5.03. The highest BCUT2D eigenvalue weighted by atomic mass is 32.2. The van der Waals surface area contributed by atoms with E-state index in [2.05, 4.69) is 14.7 Å². The lowest BCUT2D eigenvalue weighted by Crippen LogP contribution is -2.24. The summed E-state index contributed by atoms with van der Waals surface area (Å²) in [4.78, 5) is 8.59. The lowest BCUT2D eigenvalue weighted by molar-refractivity contribution is 0.411. The van der Waals surface area contributed by atoms with Crippen LogP contribution in [0.4, 0.5) is 0 Å². The summed E-state index contributed by atoms with van der Waals surface area (Å²) in [6.07, 6.45) is 4.56. The molecule has 25 heavy (non-hydrogen) atoms. The Hall–Kier alpha value is -2.71. The van der Waals surface area contributed by atoms with Crippen LogP contribution in [-0.4, -0.2) is 25.5 Å². The van der Waals surface area contributed by atoms with Gasteiger partial charge in [0.25, 0.3) is 0 Å². The quantitative estimate of drug-likeness (QED) is 0.727. The number of sulfonamides is 1. The number of hydrogen-bond donors (Lipinski definition) is 1. The Labute approximate surface area is 145 Å². The van der Waals surface area contributed by atoms with Gasteiger partial charge in [0.05, 0.1) is 30.5 Å². The van der Waals surface area contributed by atoms with Crippen molar-refractivity contribution in [2.24, 2.45) is 0 Å². The number of aromatic nitrogens is 2. The monoisotopic (exact) mass is 359 g/mol. The van der Waals surface area contributed by atoms with Gasteiger partial charge in [-0.25, -0.2) is 18.1 Å². The lowest BCUT2D eigenvalue weighted by atomic mass is 10.2. The minimum atomic E-state index is -3.70. The molecule has 0 aliphatic carbocycles. The summed E-state index contributed by atoms with van der Waals surface area (Å²) in [7, 11) is -2.15. The second-order valence-electron chi connectivity index (χ2n) is 5.28. The van der Waals surface area contributed by atoms with E-state index in [1.54, 1.807) is 38.3 Å². The molecule has 0 amide bonds. The molecule has 7 nitrogen and oxygen atoms in total.